The van der Waals surface area contributed by atoms with Crippen molar-refractivity contribution in [3.8, 4) is 11.5 Å². The zero-order chi connectivity index (χ0) is 19.9. The fourth-order valence-electron chi connectivity index (χ4n) is 3.60. The second-order valence-corrected chi connectivity index (χ2v) is 8.23. The molecule has 2 aromatic rings. The summed E-state index contributed by atoms with van der Waals surface area (Å²) in [4.78, 5) is 0. The van der Waals surface area contributed by atoms with Crippen molar-refractivity contribution in [3.05, 3.63) is 59.7 Å². The first kappa shape index (κ1) is 21.3. The van der Waals surface area contributed by atoms with Crippen molar-refractivity contribution in [1.82, 2.24) is 0 Å². The lowest BCUT2D eigenvalue weighted by atomic mass is 9.78. The first-order valence-corrected chi connectivity index (χ1v) is 10.0. The first-order chi connectivity index (χ1) is 12.9. The van der Waals surface area contributed by atoms with E-state index >= 15 is 0 Å². The number of nitrogens with zero attached hydrogens (tertiary/aromatic N) is 1. The Hall–Kier alpha value is -2.00. The Morgan fingerprint density at radius 2 is 1.19 bits per heavy atom. The Labute approximate surface area is 165 Å². The molecule has 0 N–H and O–H groups in total. The largest absolute Gasteiger partial charge is 0.497 e. The molecule has 0 saturated carbocycles. The van der Waals surface area contributed by atoms with Crippen LogP contribution in [-0.4, -0.2) is 45.9 Å². The van der Waals surface area contributed by atoms with Crippen LogP contribution in [0.15, 0.2) is 48.5 Å². The molecule has 148 valence electrons. The van der Waals surface area contributed by atoms with E-state index in [1.807, 2.05) is 0 Å². The van der Waals surface area contributed by atoms with Gasteiger partial charge in [0.25, 0.3) is 0 Å². The number of likely N-dealkylation sites (N-methyl/N-ethyl adjacent to an activating group) is 1. The highest BCUT2D eigenvalue weighted by molar-refractivity contribution is 5.35. The number of quaternary nitrogens is 1. The minimum atomic E-state index is 0.503. The van der Waals surface area contributed by atoms with Gasteiger partial charge in [-0.1, -0.05) is 38.1 Å². The molecule has 0 fully saturated rings. The Balaban J connectivity index is 2.10. The standard InChI is InChI=1S/C24H36NO2/c1-7-23(19-9-13-21(26-6)14-10-19)24(8-2)20-11-15-22(16-12-20)27-18-17-25(3,4)5/h9-16,23-24H,7-8,17-18H2,1-6H3/q+1. The van der Waals surface area contributed by atoms with Crippen LogP contribution >= 0.6 is 0 Å². The molecule has 0 bridgehead atoms. The maximum atomic E-state index is 5.92. The number of benzene rings is 2. The summed E-state index contributed by atoms with van der Waals surface area (Å²) in [6.07, 6.45) is 2.23. The molecule has 2 unspecified atom stereocenters. The quantitative estimate of drug-likeness (QED) is 0.517. The summed E-state index contributed by atoms with van der Waals surface area (Å²) in [5, 5.41) is 0. The van der Waals surface area contributed by atoms with Gasteiger partial charge in [0.15, 0.2) is 0 Å². The fraction of sp³-hybridized carbons (Fsp3) is 0.500. The number of ether oxygens (including phenoxy) is 2. The monoisotopic (exact) mass is 370 g/mol. The van der Waals surface area contributed by atoms with Crippen molar-refractivity contribution in [2.45, 2.75) is 38.5 Å². The molecule has 0 radical (unpaired) electrons. The van der Waals surface area contributed by atoms with Crippen molar-refractivity contribution in [2.24, 2.45) is 0 Å². The molecule has 2 rings (SSSR count). The van der Waals surface area contributed by atoms with E-state index in [1.54, 1.807) is 7.11 Å². The lowest BCUT2D eigenvalue weighted by Gasteiger charge is -2.27. The SMILES string of the molecule is CCC(c1ccc(OC)cc1)C(CC)c1ccc(OCC[N+](C)(C)C)cc1. The third kappa shape index (κ3) is 6.28. The van der Waals surface area contributed by atoms with Crippen molar-refractivity contribution in [1.29, 1.82) is 0 Å². The Morgan fingerprint density at radius 1 is 0.741 bits per heavy atom. The topological polar surface area (TPSA) is 18.5 Å². The maximum absolute atomic E-state index is 5.92. The molecule has 2 aromatic carbocycles. The molecule has 0 aliphatic rings. The maximum Gasteiger partial charge on any atom is 0.137 e. The summed E-state index contributed by atoms with van der Waals surface area (Å²) < 4.78 is 12.1. The number of methoxy groups -OCH3 is 1. The summed E-state index contributed by atoms with van der Waals surface area (Å²) in [6.45, 7) is 6.29. The zero-order valence-corrected chi connectivity index (χ0v) is 17.9. The minimum Gasteiger partial charge on any atom is -0.497 e. The smallest absolute Gasteiger partial charge is 0.137 e. The number of hydrogen-bond donors (Lipinski definition) is 0. The molecule has 0 aliphatic heterocycles. The van der Waals surface area contributed by atoms with Gasteiger partial charge in [0.1, 0.15) is 24.7 Å². The second-order valence-electron chi connectivity index (χ2n) is 8.23. The molecule has 27 heavy (non-hydrogen) atoms. The predicted octanol–water partition coefficient (Wildman–Crippen LogP) is 5.47. The van der Waals surface area contributed by atoms with Gasteiger partial charge in [-0.3, -0.25) is 0 Å². The molecular formula is C24H36NO2+. The fourth-order valence-corrected chi connectivity index (χ4v) is 3.60. The lowest BCUT2D eigenvalue weighted by molar-refractivity contribution is -0.870. The van der Waals surface area contributed by atoms with Gasteiger partial charge in [0, 0.05) is 0 Å². The van der Waals surface area contributed by atoms with E-state index in [0.717, 1.165) is 42.0 Å². The molecule has 3 nitrogen and oxygen atoms in total. The van der Waals surface area contributed by atoms with Crippen molar-refractivity contribution in [3.63, 3.8) is 0 Å². The van der Waals surface area contributed by atoms with E-state index in [-0.39, 0.29) is 0 Å². The van der Waals surface area contributed by atoms with Crippen LogP contribution in [0.25, 0.3) is 0 Å². The molecule has 0 saturated heterocycles. The lowest BCUT2D eigenvalue weighted by Crippen LogP contribution is -2.38. The van der Waals surface area contributed by atoms with E-state index < -0.39 is 0 Å². The molecule has 0 aliphatic carbocycles. The van der Waals surface area contributed by atoms with Gasteiger partial charge in [0.2, 0.25) is 0 Å². The first-order valence-electron chi connectivity index (χ1n) is 10.0. The molecule has 2 atom stereocenters. The minimum absolute atomic E-state index is 0.503. The molecule has 0 amide bonds. The van der Waals surface area contributed by atoms with Crippen LogP contribution in [0, 0.1) is 0 Å². The number of hydrogen-bond acceptors (Lipinski definition) is 2. The summed E-state index contributed by atoms with van der Waals surface area (Å²) in [6, 6.07) is 17.3. The van der Waals surface area contributed by atoms with Crippen molar-refractivity contribution >= 4 is 0 Å². The van der Waals surface area contributed by atoms with E-state index in [0.29, 0.717) is 11.8 Å². The van der Waals surface area contributed by atoms with E-state index in [2.05, 4.69) is 83.5 Å². The van der Waals surface area contributed by atoms with Crippen LogP contribution in [-0.2, 0) is 0 Å². The average molecular weight is 371 g/mol. The molecular weight excluding hydrogens is 334 g/mol. The highest BCUT2D eigenvalue weighted by Crippen LogP contribution is 2.38. The summed E-state index contributed by atoms with van der Waals surface area (Å²) in [7, 11) is 8.26. The number of rotatable bonds is 10. The van der Waals surface area contributed by atoms with Crippen LogP contribution in [0.5, 0.6) is 11.5 Å². The van der Waals surface area contributed by atoms with Crippen LogP contribution < -0.4 is 9.47 Å². The van der Waals surface area contributed by atoms with E-state index in [1.165, 1.54) is 11.1 Å². The van der Waals surface area contributed by atoms with E-state index in [4.69, 9.17) is 9.47 Å². The second kappa shape index (κ2) is 9.80. The van der Waals surface area contributed by atoms with Crippen LogP contribution in [0.1, 0.15) is 49.7 Å². The molecule has 0 heterocycles. The molecule has 3 heteroatoms. The van der Waals surface area contributed by atoms with Gasteiger partial charge in [-0.05, 0) is 60.1 Å². The predicted molar refractivity (Wildman–Crippen MR) is 114 cm³/mol. The van der Waals surface area contributed by atoms with Gasteiger partial charge < -0.3 is 14.0 Å². The summed E-state index contributed by atoms with van der Waals surface area (Å²) in [5.74, 6) is 2.88. The van der Waals surface area contributed by atoms with Crippen LogP contribution in [0.3, 0.4) is 0 Å². The Morgan fingerprint density at radius 3 is 1.56 bits per heavy atom. The highest BCUT2D eigenvalue weighted by atomic mass is 16.5. The van der Waals surface area contributed by atoms with Crippen LogP contribution in [0.4, 0.5) is 0 Å². The summed E-state index contributed by atoms with van der Waals surface area (Å²) in [5.41, 5.74) is 2.77. The Bertz CT molecular complexity index is 671. The van der Waals surface area contributed by atoms with Gasteiger partial charge in [-0.15, -0.1) is 0 Å². The van der Waals surface area contributed by atoms with Gasteiger partial charge >= 0.3 is 0 Å². The van der Waals surface area contributed by atoms with Crippen molar-refractivity contribution < 1.29 is 14.0 Å². The van der Waals surface area contributed by atoms with Gasteiger partial charge in [-0.25, -0.2) is 0 Å². The normalized spacial score (nSPS) is 13.9. The third-order valence-electron chi connectivity index (χ3n) is 5.25. The Kier molecular flexibility index (Phi) is 7.73. The molecule has 0 spiro atoms. The van der Waals surface area contributed by atoms with Gasteiger partial charge in [0.05, 0.1) is 28.3 Å². The van der Waals surface area contributed by atoms with E-state index in [9.17, 15) is 0 Å². The highest BCUT2D eigenvalue weighted by Gasteiger charge is 2.22. The zero-order valence-electron chi connectivity index (χ0n) is 17.9. The average Bonchev–Trinajstić information content (AvgIpc) is 2.66. The van der Waals surface area contributed by atoms with Crippen LogP contribution in [0.2, 0.25) is 0 Å². The van der Waals surface area contributed by atoms with Crippen molar-refractivity contribution in [2.75, 3.05) is 41.4 Å². The molecule has 0 aromatic heterocycles. The van der Waals surface area contributed by atoms with Gasteiger partial charge in [-0.2, -0.15) is 0 Å². The third-order valence-corrected chi connectivity index (χ3v) is 5.25. The summed E-state index contributed by atoms with van der Waals surface area (Å²) >= 11 is 0.